The van der Waals surface area contributed by atoms with Crippen LogP contribution in [0.5, 0.6) is 0 Å². The van der Waals surface area contributed by atoms with Gasteiger partial charge in [0.2, 0.25) is 0 Å². The summed E-state index contributed by atoms with van der Waals surface area (Å²) in [7, 11) is 0.384. The molecule has 0 saturated heterocycles. The molecule has 1 aromatic heterocycles. The molecule has 0 fully saturated rings. The van der Waals surface area contributed by atoms with E-state index in [1.165, 1.54) is 11.1 Å². The first-order valence-corrected chi connectivity index (χ1v) is 5.86. The number of hydrogen-bond acceptors (Lipinski definition) is 0. The van der Waals surface area contributed by atoms with Gasteiger partial charge in [-0.3, -0.25) is 0 Å². The Morgan fingerprint density at radius 2 is 1.77 bits per heavy atom. The average molecular weight is 182 g/mol. The molecule has 0 bridgehead atoms. The minimum atomic E-state index is 0.384. The van der Waals surface area contributed by atoms with Gasteiger partial charge < -0.3 is 0 Å². The molecule has 0 unspecified atom stereocenters. The molecule has 0 amide bonds. The molecule has 1 aliphatic rings. The van der Waals surface area contributed by atoms with Crippen LogP contribution in [0.1, 0.15) is 11.1 Å². The van der Waals surface area contributed by atoms with Gasteiger partial charge in [-0.1, -0.05) is 42.1 Å². The summed E-state index contributed by atoms with van der Waals surface area (Å²) in [5, 5.41) is 1.62. The van der Waals surface area contributed by atoms with E-state index in [0.29, 0.717) is 9.12 Å². The highest BCUT2D eigenvalue weighted by Crippen LogP contribution is 2.33. The molecule has 0 saturated carbocycles. The average Bonchev–Trinajstić information content (AvgIpc) is 2.56. The number of rotatable bonds is 0. The molecule has 0 atom stereocenters. The number of fused-ring (bicyclic) bond motifs is 3. The maximum Gasteiger partial charge on any atom is 0.0304 e. The predicted molar refractivity (Wildman–Crippen MR) is 57.4 cm³/mol. The van der Waals surface area contributed by atoms with Gasteiger partial charge in [0.1, 0.15) is 0 Å². The lowest BCUT2D eigenvalue weighted by atomic mass is 10.1. The molecule has 0 radical (unpaired) electrons. The minimum absolute atomic E-state index is 0.384. The van der Waals surface area contributed by atoms with Gasteiger partial charge in [0.05, 0.1) is 0 Å². The van der Waals surface area contributed by atoms with Crippen molar-refractivity contribution in [3.63, 3.8) is 0 Å². The predicted octanol–water partition coefficient (Wildman–Crippen LogP) is 2.33. The first-order valence-electron chi connectivity index (χ1n) is 4.61. The van der Waals surface area contributed by atoms with E-state index in [-0.39, 0.29) is 0 Å². The Balaban J connectivity index is 2.32. The van der Waals surface area contributed by atoms with Crippen LogP contribution < -0.4 is 0 Å². The normalized spacial score (nSPS) is 12.3. The van der Waals surface area contributed by atoms with Crippen LogP contribution in [-0.4, -0.2) is 9.12 Å². The SMILES string of the molecule is c1ccc2c(c1)Cc1ccc[siH]c1-2. The Bertz CT molecular complexity index is 417. The van der Waals surface area contributed by atoms with E-state index in [1.54, 1.807) is 10.7 Å². The summed E-state index contributed by atoms with van der Waals surface area (Å²) in [6.07, 6.45) is 1.16. The maximum absolute atomic E-state index is 2.32. The van der Waals surface area contributed by atoms with Gasteiger partial charge in [-0.25, -0.2) is 0 Å². The molecule has 1 aromatic carbocycles. The number of hydrogen-bond donors (Lipinski definition) is 0. The largest absolute Gasteiger partial charge is 0.0799 e. The third kappa shape index (κ3) is 1.01. The van der Waals surface area contributed by atoms with Crippen LogP contribution in [0.15, 0.2) is 42.1 Å². The van der Waals surface area contributed by atoms with Gasteiger partial charge in [0.25, 0.3) is 0 Å². The van der Waals surface area contributed by atoms with Gasteiger partial charge in [-0.2, -0.15) is 0 Å². The van der Waals surface area contributed by atoms with Crippen molar-refractivity contribution in [2.24, 2.45) is 0 Å². The Morgan fingerprint density at radius 3 is 2.77 bits per heavy atom. The zero-order chi connectivity index (χ0) is 8.67. The molecule has 1 heteroatoms. The Morgan fingerprint density at radius 1 is 0.923 bits per heavy atom. The summed E-state index contributed by atoms with van der Waals surface area (Å²) in [6.45, 7) is 0. The first kappa shape index (κ1) is 7.22. The molecular formula is C12H10Si. The minimum Gasteiger partial charge on any atom is -0.0799 e. The van der Waals surface area contributed by atoms with Crippen molar-refractivity contribution in [3.05, 3.63) is 53.2 Å². The van der Waals surface area contributed by atoms with Crippen LogP contribution in [0.25, 0.3) is 10.7 Å². The lowest BCUT2D eigenvalue weighted by molar-refractivity contribution is 1.27. The van der Waals surface area contributed by atoms with Crippen LogP contribution in [0, 0.1) is 0 Å². The molecule has 62 valence electrons. The van der Waals surface area contributed by atoms with Crippen molar-refractivity contribution in [1.82, 2.24) is 0 Å². The Labute approximate surface area is 80.0 Å². The van der Waals surface area contributed by atoms with E-state index in [4.69, 9.17) is 0 Å². The van der Waals surface area contributed by atoms with E-state index < -0.39 is 0 Å². The fraction of sp³-hybridized carbons (Fsp3) is 0.0833. The summed E-state index contributed by atoms with van der Waals surface area (Å²) >= 11 is 0. The monoisotopic (exact) mass is 182 g/mol. The third-order valence-corrected chi connectivity index (χ3v) is 4.14. The summed E-state index contributed by atoms with van der Waals surface area (Å²) in [5.41, 5.74) is 6.90. The topological polar surface area (TPSA) is 0 Å². The van der Waals surface area contributed by atoms with Gasteiger partial charge in [-0.05, 0) is 28.3 Å². The van der Waals surface area contributed by atoms with Gasteiger partial charge >= 0.3 is 0 Å². The fourth-order valence-electron chi connectivity index (χ4n) is 2.08. The summed E-state index contributed by atoms with van der Waals surface area (Å²) < 4.78 is 0. The smallest absolute Gasteiger partial charge is 0.0304 e. The standard InChI is InChI=1S/C12H10Si/c1-2-6-11-9(4-1)8-10-5-3-7-13-12(10)11/h1-7,13H,8H2. The van der Waals surface area contributed by atoms with Crippen LogP contribution in [0.4, 0.5) is 0 Å². The molecule has 3 rings (SSSR count). The highest BCUT2D eigenvalue weighted by Gasteiger charge is 2.15. The van der Waals surface area contributed by atoms with Gasteiger partial charge in [0, 0.05) is 9.12 Å². The molecule has 0 spiro atoms. The molecule has 13 heavy (non-hydrogen) atoms. The molecule has 1 aliphatic carbocycles. The van der Waals surface area contributed by atoms with Crippen molar-refractivity contribution < 1.29 is 0 Å². The highest BCUT2D eigenvalue weighted by molar-refractivity contribution is 6.40. The third-order valence-electron chi connectivity index (χ3n) is 2.71. The Hall–Kier alpha value is -1.21. The summed E-state index contributed by atoms with van der Waals surface area (Å²) in [5.74, 6) is 0. The molecule has 1 heterocycles. The van der Waals surface area contributed by atoms with Crippen molar-refractivity contribution >= 4 is 9.12 Å². The zero-order valence-corrected chi connectivity index (χ0v) is 8.48. The second kappa shape index (κ2) is 2.64. The van der Waals surface area contributed by atoms with Crippen LogP contribution in [0.2, 0.25) is 0 Å². The Kier molecular flexibility index (Phi) is 1.46. The van der Waals surface area contributed by atoms with E-state index in [1.807, 2.05) is 0 Å². The number of benzene rings is 1. The second-order valence-corrected chi connectivity index (χ2v) is 4.79. The van der Waals surface area contributed by atoms with Crippen LogP contribution in [0.3, 0.4) is 0 Å². The molecule has 2 aromatic rings. The maximum atomic E-state index is 2.32. The van der Waals surface area contributed by atoms with E-state index in [0.717, 1.165) is 6.42 Å². The highest BCUT2D eigenvalue weighted by atomic mass is 28.2. The molecule has 0 aliphatic heterocycles. The zero-order valence-electron chi connectivity index (χ0n) is 7.33. The van der Waals surface area contributed by atoms with E-state index in [9.17, 15) is 0 Å². The van der Waals surface area contributed by atoms with Crippen LogP contribution >= 0.6 is 0 Å². The first-order chi connectivity index (χ1) is 6.45. The fourth-order valence-corrected chi connectivity index (χ4v) is 3.37. The molecular weight excluding hydrogens is 172 g/mol. The van der Waals surface area contributed by atoms with Crippen molar-refractivity contribution in [2.75, 3.05) is 0 Å². The van der Waals surface area contributed by atoms with Crippen molar-refractivity contribution in [2.45, 2.75) is 6.42 Å². The van der Waals surface area contributed by atoms with E-state index >= 15 is 0 Å². The summed E-state index contributed by atoms with van der Waals surface area (Å²) in [6, 6.07) is 13.3. The summed E-state index contributed by atoms with van der Waals surface area (Å²) in [4.78, 5) is 0. The molecule has 0 N–H and O–H groups in total. The van der Waals surface area contributed by atoms with E-state index in [2.05, 4.69) is 42.1 Å². The van der Waals surface area contributed by atoms with Gasteiger partial charge in [-0.15, -0.1) is 0 Å². The van der Waals surface area contributed by atoms with Crippen molar-refractivity contribution in [3.8, 4) is 10.7 Å². The lowest BCUT2D eigenvalue weighted by Crippen LogP contribution is -1.82. The quantitative estimate of drug-likeness (QED) is 0.468. The van der Waals surface area contributed by atoms with Crippen LogP contribution in [-0.2, 0) is 6.42 Å². The second-order valence-electron chi connectivity index (χ2n) is 3.49. The lowest BCUT2D eigenvalue weighted by Gasteiger charge is -1.98. The van der Waals surface area contributed by atoms with Crippen molar-refractivity contribution in [1.29, 1.82) is 0 Å². The molecule has 0 nitrogen and oxygen atoms in total. The van der Waals surface area contributed by atoms with Gasteiger partial charge in [0.15, 0.2) is 0 Å².